The van der Waals surface area contributed by atoms with Crippen molar-refractivity contribution < 1.29 is 0 Å². The Kier molecular flexibility index (Phi) is 3.32. The van der Waals surface area contributed by atoms with Crippen LogP contribution < -0.4 is 11.1 Å². The lowest BCUT2D eigenvalue weighted by molar-refractivity contribution is 0.229. The summed E-state index contributed by atoms with van der Waals surface area (Å²) in [7, 11) is 0. The minimum absolute atomic E-state index is 0.358. The molecule has 3 rings (SSSR count). The standard InChI is InChI=1S/C15H22N4S/c1-9-7-11-12(18-14(16)19-13(11)20-9)17-10-5-4-6-15(2,3)8-10/h7,10H,4-6,8H2,1-3H3,(H3,16,17,18,19). The van der Waals surface area contributed by atoms with Crippen LogP contribution in [0.4, 0.5) is 11.8 Å². The monoisotopic (exact) mass is 290 g/mol. The molecular weight excluding hydrogens is 268 g/mol. The molecule has 20 heavy (non-hydrogen) atoms. The van der Waals surface area contributed by atoms with E-state index in [1.54, 1.807) is 11.3 Å². The number of nitrogens with one attached hydrogen (secondary N) is 1. The summed E-state index contributed by atoms with van der Waals surface area (Å²) in [6, 6.07) is 2.63. The van der Waals surface area contributed by atoms with Gasteiger partial charge in [0.15, 0.2) is 0 Å². The quantitative estimate of drug-likeness (QED) is 0.878. The summed E-state index contributed by atoms with van der Waals surface area (Å²) in [6.07, 6.45) is 4.97. The molecule has 2 aromatic rings. The average Bonchev–Trinajstić information content (AvgIpc) is 2.68. The summed E-state index contributed by atoms with van der Waals surface area (Å²) in [6.45, 7) is 6.79. The zero-order valence-electron chi connectivity index (χ0n) is 12.4. The molecule has 2 heterocycles. The Morgan fingerprint density at radius 2 is 2.20 bits per heavy atom. The largest absolute Gasteiger partial charge is 0.368 e. The highest BCUT2D eigenvalue weighted by Gasteiger charge is 2.28. The number of nitrogens with zero attached hydrogens (tertiary/aromatic N) is 2. The third-order valence-electron chi connectivity index (χ3n) is 4.08. The second-order valence-corrected chi connectivity index (χ2v) is 7.84. The molecule has 0 aliphatic heterocycles. The van der Waals surface area contributed by atoms with Gasteiger partial charge in [-0.15, -0.1) is 11.3 Å². The third kappa shape index (κ3) is 2.73. The summed E-state index contributed by atoms with van der Waals surface area (Å²) >= 11 is 1.67. The van der Waals surface area contributed by atoms with Gasteiger partial charge >= 0.3 is 0 Å². The van der Waals surface area contributed by atoms with Crippen LogP contribution in [0.25, 0.3) is 10.2 Å². The van der Waals surface area contributed by atoms with Crippen LogP contribution in [-0.2, 0) is 0 Å². The van der Waals surface area contributed by atoms with Crippen molar-refractivity contribution in [2.45, 2.75) is 52.5 Å². The lowest BCUT2D eigenvalue weighted by atomic mass is 9.75. The molecule has 0 bridgehead atoms. The van der Waals surface area contributed by atoms with E-state index >= 15 is 0 Å². The maximum Gasteiger partial charge on any atom is 0.223 e. The minimum Gasteiger partial charge on any atom is -0.368 e. The molecule has 3 N–H and O–H groups in total. The van der Waals surface area contributed by atoms with Gasteiger partial charge in [0.25, 0.3) is 0 Å². The number of nitrogens with two attached hydrogens (primary N) is 1. The smallest absolute Gasteiger partial charge is 0.223 e. The minimum atomic E-state index is 0.358. The fourth-order valence-corrected chi connectivity index (χ4v) is 4.07. The number of hydrogen-bond acceptors (Lipinski definition) is 5. The predicted molar refractivity (Wildman–Crippen MR) is 86.2 cm³/mol. The molecule has 0 saturated heterocycles. The van der Waals surface area contributed by atoms with Gasteiger partial charge in [0.1, 0.15) is 10.6 Å². The van der Waals surface area contributed by atoms with E-state index in [9.17, 15) is 0 Å². The number of thiophene rings is 1. The van der Waals surface area contributed by atoms with Crippen molar-refractivity contribution in [1.29, 1.82) is 0 Å². The van der Waals surface area contributed by atoms with Gasteiger partial charge in [-0.25, -0.2) is 4.98 Å². The summed E-state index contributed by atoms with van der Waals surface area (Å²) < 4.78 is 0. The Balaban J connectivity index is 1.90. The van der Waals surface area contributed by atoms with Gasteiger partial charge in [0, 0.05) is 10.9 Å². The Morgan fingerprint density at radius 3 is 2.95 bits per heavy atom. The van der Waals surface area contributed by atoms with Gasteiger partial charge in [-0.3, -0.25) is 0 Å². The third-order valence-corrected chi connectivity index (χ3v) is 5.02. The zero-order valence-corrected chi connectivity index (χ0v) is 13.2. The Morgan fingerprint density at radius 1 is 1.40 bits per heavy atom. The van der Waals surface area contributed by atoms with Crippen LogP contribution in [0.3, 0.4) is 0 Å². The first-order chi connectivity index (χ1) is 9.43. The number of anilines is 2. The van der Waals surface area contributed by atoms with E-state index in [2.05, 4.69) is 42.1 Å². The lowest BCUT2D eigenvalue weighted by Crippen LogP contribution is -2.32. The Labute approximate surface area is 123 Å². The van der Waals surface area contributed by atoms with E-state index in [-0.39, 0.29) is 0 Å². The van der Waals surface area contributed by atoms with Gasteiger partial charge < -0.3 is 11.1 Å². The van der Waals surface area contributed by atoms with Crippen molar-refractivity contribution in [3.05, 3.63) is 10.9 Å². The second-order valence-electron chi connectivity index (χ2n) is 6.61. The molecule has 0 amide bonds. The van der Waals surface area contributed by atoms with Crippen molar-refractivity contribution >= 4 is 33.3 Å². The fourth-order valence-electron chi connectivity index (χ4n) is 3.18. The molecule has 1 atom stereocenters. The number of hydrogen-bond donors (Lipinski definition) is 2. The van der Waals surface area contributed by atoms with Crippen LogP contribution in [0, 0.1) is 12.3 Å². The first-order valence-corrected chi connectivity index (χ1v) is 8.05. The van der Waals surface area contributed by atoms with E-state index in [0.717, 1.165) is 16.0 Å². The van der Waals surface area contributed by atoms with Gasteiger partial charge in [-0.1, -0.05) is 20.3 Å². The second kappa shape index (κ2) is 4.88. The predicted octanol–water partition coefficient (Wildman–Crippen LogP) is 3.96. The van der Waals surface area contributed by atoms with E-state index in [1.165, 1.54) is 30.6 Å². The molecule has 2 aromatic heterocycles. The van der Waals surface area contributed by atoms with Gasteiger partial charge in [0.05, 0.1) is 5.39 Å². The molecule has 0 spiro atoms. The van der Waals surface area contributed by atoms with Crippen molar-refractivity contribution in [2.24, 2.45) is 5.41 Å². The van der Waals surface area contributed by atoms with Crippen LogP contribution in [0.2, 0.25) is 0 Å². The van der Waals surface area contributed by atoms with Crippen LogP contribution in [0.15, 0.2) is 6.07 Å². The van der Waals surface area contributed by atoms with E-state index in [0.29, 0.717) is 17.4 Å². The maximum absolute atomic E-state index is 5.84. The van der Waals surface area contributed by atoms with Crippen LogP contribution in [0.1, 0.15) is 44.4 Å². The number of aromatic nitrogens is 2. The first kappa shape index (κ1) is 13.6. The Bertz CT molecular complexity index is 632. The molecule has 1 aliphatic rings. The van der Waals surface area contributed by atoms with Crippen molar-refractivity contribution in [1.82, 2.24) is 9.97 Å². The Hall–Kier alpha value is -1.36. The average molecular weight is 290 g/mol. The molecule has 1 saturated carbocycles. The lowest BCUT2D eigenvalue weighted by Gasteiger charge is -2.35. The van der Waals surface area contributed by atoms with Crippen molar-refractivity contribution in [3.8, 4) is 0 Å². The van der Waals surface area contributed by atoms with Crippen molar-refractivity contribution in [2.75, 3.05) is 11.1 Å². The van der Waals surface area contributed by atoms with E-state index in [4.69, 9.17) is 5.73 Å². The van der Waals surface area contributed by atoms with E-state index in [1.807, 2.05) is 0 Å². The summed E-state index contributed by atoms with van der Waals surface area (Å²) in [4.78, 5) is 11.0. The van der Waals surface area contributed by atoms with Crippen LogP contribution >= 0.6 is 11.3 Å². The van der Waals surface area contributed by atoms with Gasteiger partial charge in [-0.2, -0.15) is 4.98 Å². The highest BCUT2D eigenvalue weighted by atomic mass is 32.1. The molecule has 5 heteroatoms. The normalized spacial score (nSPS) is 22.1. The molecule has 1 unspecified atom stereocenters. The number of fused-ring (bicyclic) bond motifs is 1. The topological polar surface area (TPSA) is 63.8 Å². The molecule has 1 aliphatic carbocycles. The number of aryl methyl sites for hydroxylation is 1. The molecular formula is C15H22N4S. The SMILES string of the molecule is Cc1cc2c(NC3CCCC(C)(C)C3)nc(N)nc2s1. The summed E-state index contributed by atoms with van der Waals surface area (Å²) in [5.74, 6) is 1.26. The van der Waals surface area contributed by atoms with Crippen LogP contribution in [-0.4, -0.2) is 16.0 Å². The molecule has 108 valence electrons. The molecule has 1 fully saturated rings. The highest BCUT2D eigenvalue weighted by Crippen LogP contribution is 2.37. The summed E-state index contributed by atoms with van der Waals surface area (Å²) in [5.41, 5.74) is 6.25. The van der Waals surface area contributed by atoms with Crippen LogP contribution in [0.5, 0.6) is 0 Å². The maximum atomic E-state index is 5.84. The molecule has 0 aromatic carbocycles. The fraction of sp³-hybridized carbons (Fsp3) is 0.600. The van der Waals surface area contributed by atoms with Gasteiger partial charge in [0.2, 0.25) is 5.95 Å². The number of rotatable bonds is 2. The molecule has 4 nitrogen and oxygen atoms in total. The highest BCUT2D eigenvalue weighted by molar-refractivity contribution is 7.18. The summed E-state index contributed by atoms with van der Waals surface area (Å²) in [5, 5.41) is 4.71. The molecule has 0 radical (unpaired) electrons. The van der Waals surface area contributed by atoms with Gasteiger partial charge in [-0.05, 0) is 37.7 Å². The number of nitrogen functional groups attached to an aromatic ring is 1. The van der Waals surface area contributed by atoms with Crippen molar-refractivity contribution in [3.63, 3.8) is 0 Å². The first-order valence-electron chi connectivity index (χ1n) is 7.23. The zero-order chi connectivity index (χ0) is 14.3. The van der Waals surface area contributed by atoms with E-state index < -0.39 is 0 Å².